The zero-order chi connectivity index (χ0) is 20.6. The predicted molar refractivity (Wildman–Crippen MR) is 126 cm³/mol. The highest BCUT2D eigenvalue weighted by Crippen LogP contribution is 2.18. The monoisotopic (exact) mass is 397 g/mol. The second kappa shape index (κ2) is 15.3. The van der Waals surface area contributed by atoms with Gasteiger partial charge in [0.1, 0.15) is 18.1 Å². The van der Waals surface area contributed by atoms with Gasteiger partial charge in [-0.25, -0.2) is 9.13 Å². The van der Waals surface area contributed by atoms with Crippen molar-refractivity contribution in [2.24, 2.45) is 0 Å². The molecule has 0 unspecified atom stereocenters. The summed E-state index contributed by atoms with van der Waals surface area (Å²) in [5.41, 5.74) is 2.83. The van der Waals surface area contributed by atoms with Crippen LogP contribution in [0.5, 0.6) is 0 Å². The molecule has 0 aliphatic carbocycles. The maximum absolute atomic E-state index is 2.31. The number of nitrogens with zero attached hydrogens (tertiary/aromatic N) is 2. The third kappa shape index (κ3) is 9.65. The van der Waals surface area contributed by atoms with Crippen molar-refractivity contribution < 1.29 is 4.57 Å². The molecule has 1 heterocycles. The topological polar surface area (TPSA) is 8.81 Å². The number of benzene rings is 1. The Hall–Kier alpha value is -1.57. The van der Waals surface area contributed by atoms with Gasteiger partial charge in [0.25, 0.3) is 0 Å². The molecule has 2 nitrogen and oxygen atoms in total. The van der Waals surface area contributed by atoms with E-state index in [4.69, 9.17) is 0 Å². The van der Waals surface area contributed by atoms with Gasteiger partial charge >= 0.3 is 0 Å². The van der Waals surface area contributed by atoms with Crippen molar-refractivity contribution in [1.29, 1.82) is 0 Å². The third-order valence-electron chi connectivity index (χ3n) is 5.99. The molecule has 29 heavy (non-hydrogen) atoms. The number of unbranched alkanes of at least 4 members (excludes halogenated alkanes) is 12. The van der Waals surface area contributed by atoms with Crippen LogP contribution < -0.4 is 4.57 Å². The molecular weight excluding hydrogens is 352 g/mol. The van der Waals surface area contributed by atoms with E-state index >= 15 is 0 Å². The van der Waals surface area contributed by atoms with Crippen molar-refractivity contribution in [3.63, 3.8) is 0 Å². The molecule has 1 aromatic carbocycles. The first kappa shape index (κ1) is 23.7. The fraction of sp³-hybridized carbons (Fsp3) is 0.667. The van der Waals surface area contributed by atoms with Crippen LogP contribution in [0.2, 0.25) is 0 Å². The molecule has 0 aliphatic heterocycles. The van der Waals surface area contributed by atoms with E-state index < -0.39 is 0 Å². The van der Waals surface area contributed by atoms with Crippen molar-refractivity contribution in [2.45, 2.75) is 117 Å². The van der Waals surface area contributed by atoms with E-state index in [-0.39, 0.29) is 0 Å². The molecule has 0 saturated heterocycles. The van der Waals surface area contributed by atoms with Gasteiger partial charge in [-0.05, 0) is 30.9 Å². The van der Waals surface area contributed by atoms with E-state index in [0.717, 1.165) is 6.54 Å². The first-order valence-electron chi connectivity index (χ1n) is 12.5. The highest BCUT2D eigenvalue weighted by molar-refractivity contribution is 5.40. The van der Waals surface area contributed by atoms with Gasteiger partial charge in [0.15, 0.2) is 0 Å². The molecule has 0 N–H and O–H groups in total. The van der Waals surface area contributed by atoms with Crippen molar-refractivity contribution in [1.82, 2.24) is 4.57 Å². The van der Waals surface area contributed by atoms with Crippen LogP contribution in [-0.2, 0) is 13.0 Å². The number of hydrogen-bond donors (Lipinski definition) is 0. The summed E-state index contributed by atoms with van der Waals surface area (Å²) in [7, 11) is 0. The smallest absolute Gasteiger partial charge is 0.236 e. The van der Waals surface area contributed by atoms with Gasteiger partial charge in [-0.1, -0.05) is 109 Å². The lowest BCUT2D eigenvalue weighted by molar-refractivity contribution is -0.696. The first-order valence-corrected chi connectivity index (χ1v) is 12.5. The fourth-order valence-corrected chi connectivity index (χ4v) is 4.23. The summed E-state index contributed by atoms with van der Waals surface area (Å²) < 4.78 is 4.56. The van der Waals surface area contributed by atoms with Crippen molar-refractivity contribution in [3.8, 4) is 5.69 Å². The summed E-state index contributed by atoms with van der Waals surface area (Å²) in [6, 6.07) is 8.91. The lowest BCUT2D eigenvalue weighted by atomic mass is 10.0. The van der Waals surface area contributed by atoms with Crippen LogP contribution in [0.25, 0.3) is 5.69 Å². The Balaban J connectivity index is 1.57. The molecule has 0 radical (unpaired) electrons. The van der Waals surface area contributed by atoms with Gasteiger partial charge in [0.2, 0.25) is 6.33 Å². The van der Waals surface area contributed by atoms with Crippen LogP contribution in [0.3, 0.4) is 0 Å². The lowest BCUT2D eigenvalue weighted by Gasteiger charge is -2.06. The van der Waals surface area contributed by atoms with Crippen LogP contribution in [0.4, 0.5) is 0 Å². The van der Waals surface area contributed by atoms with E-state index in [1.807, 2.05) is 0 Å². The molecule has 0 saturated carbocycles. The van der Waals surface area contributed by atoms with Crippen molar-refractivity contribution >= 4 is 0 Å². The second-order valence-corrected chi connectivity index (χ2v) is 8.68. The Morgan fingerprint density at radius 1 is 0.690 bits per heavy atom. The van der Waals surface area contributed by atoms with Gasteiger partial charge in [0.05, 0.1) is 6.54 Å². The normalized spacial score (nSPS) is 11.2. The third-order valence-corrected chi connectivity index (χ3v) is 5.99. The van der Waals surface area contributed by atoms with Gasteiger partial charge in [-0.2, -0.15) is 0 Å². The predicted octanol–water partition coefficient (Wildman–Crippen LogP) is 7.81. The average molecular weight is 398 g/mol. The first-order chi connectivity index (χ1) is 14.3. The van der Waals surface area contributed by atoms with E-state index in [1.54, 1.807) is 0 Å². The number of imidazole rings is 1. The Morgan fingerprint density at radius 2 is 1.28 bits per heavy atom. The fourth-order valence-electron chi connectivity index (χ4n) is 4.23. The van der Waals surface area contributed by atoms with Crippen LogP contribution in [0.1, 0.15) is 109 Å². The molecule has 162 valence electrons. The minimum Gasteiger partial charge on any atom is -0.236 e. The molecule has 2 aromatic rings. The largest absolute Gasteiger partial charge is 0.248 e. The Labute approximate surface area is 180 Å². The standard InChI is InChI=1S/C27H45N2/c1-3-5-6-7-8-9-10-11-12-13-14-15-16-19-26-20-17-18-21-27(26)29-24-23-28(25-29)22-4-2/h17-18,20-21,23-25H,3-16,19,22H2,1-2H3/q+1. The maximum atomic E-state index is 2.31. The SMILES string of the molecule is CCCCCCCCCCCCCCCc1ccccc1-n1cc[n+](CCC)c1. The van der Waals surface area contributed by atoms with E-state index in [1.165, 1.54) is 108 Å². The molecule has 0 fully saturated rings. The number of rotatable bonds is 17. The van der Waals surface area contributed by atoms with Crippen molar-refractivity contribution in [3.05, 3.63) is 48.5 Å². The molecule has 0 atom stereocenters. The van der Waals surface area contributed by atoms with Crippen LogP contribution in [0, 0.1) is 0 Å². The summed E-state index contributed by atoms with van der Waals surface area (Å²) >= 11 is 0. The van der Waals surface area contributed by atoms with E-state index in [9.17, 15) is 0 Å². The maximum Gasteiger partial charge on any atom is 0.248 e. The lowest BCUT2D eigenvalue weighted by Crippen LogP contribution is -2.30. The minimum absolute atomic E-state index is 1.09. The molecule has 1 aromatic heterocycles. The molecule has 0 bridgehead atoms. The summed E-state index contributed by atoms with van der Waals surface area (Å²) in [5.74, 6) is 0. The van der Waals surface area contributed by atoms with Crippen molar-refractivity contribution in [2.75, 3.05) is 0 Å². The highest BCUT2D eigenvalue weighted by Gasteiger charge is 2.10. The number of para-hydroxylation sites is 1. The zero-order valence-corrected chi connectivity index (χ0v) is 19.2. The Bertz CT molecular complexity index is 643. The molecule has 0 spiro atoms. The summed E-state index contributed by atoms with van der Waals surface area (Å²) in [5, 5.41) is 0. The molecular formula is C27H45N2+. The van der Waals surface area contributed by atoms with Gasteiger partial charge < -0.3 is 0 Å². The summed E-state index contributed by atoms with van der Waals surface area (Å²) in [4.78, 5) is 0. The highest BCUT2D eigenvalue weighted by atomic mass is 15.1. The quantitative estimate of drug-likeness (QED) is 0.190. The molecule has 0 aliphatic rings. The second-order valence-electron chi connectivity index (χ2n) is 8.68. The van der Waals surface area contributed by atoms with Gasteiger partial charge in [-0.3, -0.25) is 0 Å². The molecule has 2 rings (SSSR count). The van der Waals surface area contributed by atoms with Crippen LogP contribution in [0.15, 0.2) is 43.0 Å². The van der Waals surface area contributed by atoms with Gasteiger partial charge in [-0.15, -0.1) is 0 Å². The number of hydrogen-bond acceptors (Lipinski definition) is 0. The number of aryl methyl sites for hydroxylation is 2. The molecule has 2 heteroatoms. The molecule has 0 amide bonds. The Morgan fingerprint density at radius 3 is 1.90 bits per heavy atom. The zero-order valence-electron chi connectivity index (χ0n) is 19.2. The minimum atomic E-state index is 1.09. The summed E-state index contributed by atoms with van der Waals surface area (Å²) in [6.07, 6.45) is 27.4. The summed E-state index contributed by atoms with van der Waals surface area (Å²) in [6.45, 7) is 5.62. The Kier molecular flexibility index (Phi) is 12.5. The van der Waals surface area contributed by atoms with Gasteiger partial charge in [0, 0.05) is 0 Å². The van der Waals surface area contributed by atoms with E-state index in [2.05, 4.69) is 66.0 Å². The average Bonchev–Trinajstić information content (AvgIpc) is 3.20. The number of aromatic nitrogens is 2. The van der Waals surface area contributed by atoms with E-state index in [0.29, 0.717) is 0 Å². The van der Waals surface area contributed by atoms with Crippen LogP contribution >= 0.6 is 0 Å². The van der Waals surface area contributed by atoms with Crippen LogP contribution in [-0.4, -0.2) is 4.57 Å².